The molecule has 0 aromatic heterocycles. The van der Waals surface area contributed by atoms with E-state index in [1.807, 2.05) is 24.3 Å². The Morgan fingerprint density at radius 1 is 1.32 bits per heavy atom. The molecule has 1 heterocycles. The van der Waals surface area contributed by atoms with E-state index in [4.69, 9.17) is 10.5 Å². The zero-order valence-electron chi connectivity index (χ0n) is 10.5. The first kappa shape index (κ1) is 16.4. The number of nitrogens with one attached hydrogen (secondary N) is 1. The van der Waals surface area contributed by atoms with E-state index in [2.05, 4.69) is 21.2 Å². The lowest BCUT2D eigenvalue weighted by molar-refractivity contribution is -0.130. The average Bonchev–Trinajstić information content (AvgIpc) is 2.42. The smallest absolute Gasteiger partial charge is 0.232 e. The summed E-state index contributed by atoms with van der Waals surface area (Å²) in [5, 5.41) is 2.94. The molecule has 1 aliphatic heterocycles. The summed E-state index contributed by atoms with van der Waals surface area (Å²) >= 11 is 3.36. The van der Waals surface area contributed by atoms with Gasteiger partial charge in [-0.05, 0) is 37.1 Å². The van der Waals surface area contributed by atoms with Gasteiger partial charge in [-0.1, -0.05) is 15.9 Å². The fourth-order valence-corrected chi connectivity index (χ4v) is 2.35. The van der Waals surface area contributed by atoms with Gasteiger partial charge in [-0.2, -0.15) is 0 Å². The molecule has 1 aromatic carbocycles. The van der Waals surface area contributed by atoms with Gasteiger partial charge in [-0.3, -0.25) is 4.79 Å². The van der Waals surface area contributed by atoms with Crippen LogP contribution in [0, 0.1) is 5.41 Å². The molecule has 0 bridgehead atoms. The highest BCUT2D eigenvalue weighted by Crippen LogP contribution is 2.31. The first-order chi connectivity index (χ1) is 8.66. The van der Waals surface area contributed by atoms with E-state index in [1.165, 1.54) is 0 Å². The van der Waals surface area contributed by atoms with Gasteiger partial charge >= 0.3 is 0 Å². The maximum absolute atomic E-state index is 12.3. The highest BCUT2D eigenvalue weighted by atomic mass is 79.9. The third kappa shape index (κ3) is 3.92. The molecule has 0 saturated carbocycles. The molecule has 0 atom stereocenters. The van der Waals surface area contributed by atoms with Crippen molar-refractivity contribution in [3.05, 3.63) is 28.7 Å². The van der Waals surface area contributed by atoms with Gasteiger partial charge in [0.15, 0.2) is 0 Å². The number of rotatable bonds is 3. The van der Waals surface area contributed by atoms with Crippen LogP contribution < -0.4 is 11.1 Å². The average molecular weight is 350 g/mol. The van der Waals surface area contributed by atoms with Gasteiger partial charge in [-0.15, -0.1) is 12.4 Å². The Bertz CT molecular complexity index is 419. The Kier molecular flexibility index (Phi) is 6.26. The van der Waals surface area contributed by atoms with Crippen molar-refractivity contribution in [1.82, 2.24) is 0 Å². The Labute approximate surface area is 127 Å². The first-order valence-corrected chi connectivity index (χ1v) is 6.80. The standard InChI is InChI=1S/C13H17BrN2O2.ClH/c14-10-1-3-11(4-2-10)16-12(17)13(9-15)5-7-18-8-6-13;/h1-4H,5-9,15H2,(H,16,17);1H. The fourth-order valence-electron chi connectivity index (χ4n) is 2.08. The van der Waals surface area contributed by atoms with E-state index in [1.54, 1.807) is 0 Å². The molecule has 1 aliphatic rings. The summed E-state index contributed by atoms with van der Waals surface area (Å²) in [5.41, 5.74) is 6.11. The van der Waals surface area contributed by atoms with E-state index in [0.717, 1.165) is 10.2 Å². The number of halogens is 2. The number of hydrogen-bond donors (Lipinski definition) is 2. The monoisotopic (exact) mass is 348 g/mol. The van der Waals surface area contributed by atoms with E-state index in [-0.39, 0.29) is 18.3 Å². The van der Waals surface area contributed by atoms with E-state index in [0.29, 0.717) is 32.6 Å². The molecule has 0 radical (unpaired) electrons. The second-order valence-electron chi connectivity index (χ2n) is 4.56. The van der Waals surface area contributed by atoms with Crippen molar-refractivity contribution < 1.29 is 9.53 Å². The lowest BCUT2D eigenvalue weighted by Crippen LogP contribution is -2.46. The number of benzene rings is 1. The number of carbonyl (C=O) groups excluding carboxylic acids is 1. The van der Waals surface area contributed by atoms with Crippen LogP contribution in [-0.2, 0) is 9.53 Å². The molecule has 2 rings (SSSR count). The molecule has 6 heteroatoms. The molecule has 19 heavy (non-hydrogen) atoms. The van der Waals surface area contributed by atoms with Crippen LogP contribution in [0.25, 0.3) is 0 Å². The Morgan fingerprint density at radius 3 is 2.42 bits per heavy atom. The molecule has 106 valence electrons. The lowest BCUT2D eigenvalue weighted by Gasteiger charge is -2.34. The van der Waals surface area contributed by atoms with Crippen LogP contribution in [0.15, 0.2) is 28.7 Å². The van der Waals surface area contributed by atoms with Crippen molar-refractivity contribution >= 4 is 39.9 Å². The summed E-state index contributed by atoms with van der Waals surface area (Å²) in [6.07, 6.45) is 1.37. The van der Waals surface area contributed by atoms with Crippen LogP contribution in [-0.4, -0.2) is 25.7 Å². The van der Waals surface area contributed by atoms with Crippen molar-refractivity contribution in [2.75, 3.05) is 25.1 Å². The van der Waals surface area contributed by atoms with E-state index < -0.39 is 5.41 Å². The number of carbonyl (C=O) groups is 1. The number of hydrogen-bond acceptors (Lipinski definition) is 3. The minimum atomic E-state index is -0.481. The molecule has 4 nitrogen and oxygen atoms in total. The summed E-state index contributed by atoms with van der Waals surface area (Å²) in [6.45, 7) is 1.56. The summed E-state index contributed by atoms with van der Waals surface area (Å²) in [7, 11) is 0. The van der Waals surface area contributed by atoms with Gasteiger partial charge in [0.25, 0.3) is 0 Å². The Balaban J connectivity index is 0.00000180. The van der Waals surface area contributed by atoms with Crippen LogP contribution >= 0.6 is 28.3 Å². The van der Waals surface area contributed by atoms with Crippen LogP contribution in [0.3, 0.4) is 0 Å². The molecule has 0 aliphatic carbocycles. The zero-order chi connectivity index (χ0) is 13.0. The molecule has 0 spiro atoms. The first-order valence-electron chi connectivity index (χ1n) is 6.01. The Morgan fingerprint density at radius 2 is 1.89 bits per heavy atom. The minimum absolute atomic E-state index is 0. The predicted molar refractivity (Wildman–Crippen MR) is 81.6 cm³/mol. The number of ether oxygens (including phenoxy) is 1. The summed E-state index contributed by atoms with van der Waals surface area (Å²) in [5.74, 6) is -0.00405. The molecule has 3 N–H and O–H groups in total. The predicted octanol–water partition coefficient (Wildman–Crippen LogP) is 2.56. The largest absolute Gasteiger partial charge is 0.381 e. The van der Waals surface area contributed by atoms with Gasteiger partial charge in [0.1, 0.15) is 0 Å². The lowest BCUT2D eigenvalue weighted by atomic mass is 9.79. The molecule has 1 fully saturated rings. The second kappa shape index (κ2) is 7.24. The molecule has 1 saturated heterocycles. The quantitative estimate of drug-likeness (QED) is 0.881. The normalized spacial score (nSPS) is 17.4. The summed E-state index contributed by atoms with van der Waals surface area (Å²) in [6, 6.07) is 7.53. The van der Waals surface area contributed by atoms with Crippen molar-refractivity contribution in [2.24, 2.45) is 11.1 Å². The second-order valence-corrected chi connectivity index (χ2v) is 5.47. The summed E-state index contributed by atoms with van der Waals surface area (Å²) < 4.78 is 6.29. The molecule has 0 unspecified atom stereocenters. The summed E-state index contributed by atoms with van der Waals surface area (Å²) in [4.78, 5) is 12.3. The topological polar surface area (TPSA) is 64.4 Å². The third-order valence-electron chi connectivity index (χ3n) is 3.42. The van der Waals surface area contributed by atoms with Gasteiger partial charge in [0, 0.05) is 29.9 Å². The van der Waals surface area contributed by atoms with Gasteiger partial charge in [0.2, 0.25) is 5.91 Å². The molecule has 1 aromatic rings. The molecular formula is C13H18BrClN2O2. The SMILES string of the molecule is Cl.NCC1(C(=O)Nc2ccc(Br)cc2)CCOCC1. The van der Waals surface area contributed by atoms with E-state index in [9.17, 15) is 4.79 Å². The van der Waals surface area contributed by atoms with Crippen molar-refractivity contribution in [1.29, 1.82) is 0 Å². The van der Waals surface area contributed by atoms with Crippen LogP contribution in [0.2, 0.25) is 0 Å². The van der Waals surface area contributed by atoms with Crippen LogP contribution in [0.1, 0.15) is 12.8 Å². The minimum Gasteiger partial charge on any atom is -0.381 e. The fraction of sp³-hybridized carbons (Fsp3) is 0.462. The van der Waals surface area contributed by atoms with Crippen molar-refractivity contribution in [3.63, 3.8) is 0 Å². The van der Waals surface area contributed by atoms with Crippen LogP contribution in [0.5, 0.6) is 0 Å². The van der Waals surface area contributed by atoms with E-state index >= 15 is 0 Å². The highest BCUT2D eigenvalue weighted by molar-refractivity contribution is 9.10. The van der Waals surface area contributed by atoms with Gasteiger partial charge < -0.3 is 15.8 Å². The maximum atomic E-state index is 12.3. The number of anilines is 1. The Hall–Kier alpha value is -0.620. The maximum Gasteiger partial charge on any atom is 0.232 e. The van der Waals surface area contributed by atoms with Gasteiger partial charge in [0.05, 0.1) is 5.41 Å². The molecule has 1 amide bonds. The zero-order valence-corrected chi connectivity index (χ0v) is 12.9. The van der Waals surface area contributed by atoms with Gasteiger partial charge in [-0.25, -0.2) is 0 Å². The van der Waals surface area contributed by atoms with Crippen molar-refractivity contribution in [3.8, 4) is 0 Å². The third-order valence-corrected chi connectivity index (χ3v) is 3.95. The van der Waals surface area contributed by atoms with Crippen molar-refractivity contribution in [2.45, 2.75) is 12.8 Å². The highest BCUT2D eigenvalue weighted by Gasteiger charge is 2.38. The molecular weight excluding hydrogens is 332 g/mol. The number of nitrogens with two attached hydrogens (primary N) is 1. The number of amides is 1. The van der Waals surface area contributed by atoms with Crippen LogP contribution in [0.4, 0.5) is 5.69 Å².